The first-order valence-corrected chi connectivity index (χ1v) is 8.35. The van der Waals surface area contributed by atoms with Crippen molar-refractivity contribution in [3.63, 3.8) is 0 Å². The fourth-order valence-electron chi connectivity index (χ4n) is 2.21. The van der Waals surface area contributed by atoms with Gasteiger partial charge in [0.2, 0.25) is 10.0 Å². The topological polar surface area (TPSA) is 61.4 Å². The normalized spacial score (nSPS) is 17.0. The number of rotatable bonds is 6. The molecule has 1 heterocycles. The molecule has 5 nitrogen and oxygen atoms in total. The molecule has 0 aromatic heterocycles. The van der Waals surface area contributed by atoms with Crippen LogP contribution >= 0.6 is 0 Å². The van der Waals surface area contributed by atoms with E-state index in [4.69, 9.17) is 0 Å². The molecule has 8 heteroatoms. The largest absolute Gasteiger partial charge is 0.314 e. The summed E-state index contributed by atoms with van der Waals surface area (Å²) in [5, 5.41) is 3.24. The summed E-state index contributed by atoms with van der Waals surface area (Å²) in [6.45, 7) is 4.77. The first-order valence-electron chi connectivity index (χ1n) is 6.87. The Hall–Kier alpha value is -1.09. The van der Waals surface area contributed by atoms with Crippen LogP contribution in [0.15, 0.2) is 23.1 Å². The highest BCUT2D eigenvalue weighted by atomic mass is 32.2. The number of benzene rings is 1. The predicted octanol–water partition coefficient (Wildman–Crippen LogP) is 0.538. The molecule has 0 bridgehead atoms. The van der Waals surface area contributed by atoms with Gasteiger partial charge in [0.1, 0.15) is 16.5 Å². The van der Waals surface area contributed by atoms with Gasteiger partial charge in [0.25, 0.3) is 0 Å². The molecule has 1 aromatic carbocycles. The molecule has 0 radical (unpaired) electrons. The molecule has 0 amide bonds. The molecule has 0 unspecified atom stereocenters. The van der Waals surface area contributed by atoms with Crippen LogP contribution in [0.25, 0.3) is 0 Å². The highest BCUT2D eigenvalue weighted by Gasteiger charge is 2.19. The van der Waals surface area contributed by atoms with Crippen molar-refractivity contribution in [2.75, 3.05) is 39.3 Å². The van der Waals surface area contributed by atoms with Gasteiger partial charge in [-0.05, 0) is 25.1 Å². The maximum Gasteiger partial charge on any atom is 0.243 e. The number of piperazine rings is 1. The Labute approximate surface area is 123 Å². The summed E-state index contributed by atoms with van der Waals surface area (Å²) in [6.07, 6.45) is 0.641. The van der Waals surface area contributed by atoms with Crippen LogP contribution in [0.3, 0.4) is 0 Å². The molecular weight excluding hydrogens is 300 g/mol. The van der Waals surface area contributed by atoms with Gasteiger partial charge in [-0.3, -0.25) is 0 Å². The third-order valence-electron chi connectivity index (χ3n) is 3.34. The Kier molecular flexibility index (Phi) is 5.63. The zero-order valence-electron chi connectivity index (χ0n) is 11.6. The van der Waals surface area contributed by atoms with Gasteiger partial charge in [-0.2, -0.15) is 0 Å². The molecule has 2 N–H and O–H groups in total. The highest BCUT2D eigenvalue weighted by molar-refractivity contribution is 7.89. The Morgan fingerprint density at radius 1 is 1.24 bits per heavy atom. The van der Waals surface area contributed by atoms with Crippen LogP contribution in [0.4, 0.5) is 8.78 Å². The summed E-state index contributed by atoms with van der Waals surface area (Å²) in [6, 6.07) is 2.43. The van der Waals surface area contributed by atoms with E-state index >= 15 is 0 Å². The molecule has 2 rings (SSSR count). The molecule has 1 saturated heterocycles. The molecule has 1 aliphatic heterocycles. The van der Waals surface area contributed by atoms with Crippen molar-refractivity contribution in [3.8, 4) is 0 Å². The van der Waals surface area contributed by atoms with Gasteiger partial charge in [-0.1, -0.05) is 0 Å². The lowest BCUT2D eigenvalue weighted by molar-refractivity contribution is 0.239. The van der Waals surface area contributed by atoms with Crippen molar-refractivity contribution in [3.05, 3.63) is 29.8 Å². The number of nitrogens with one attached hydrogen (secondary N) is 2. The van der Waals surface area contributed by atoms with Crippen LogP contribution in [0.5, 0.6) is 0 Å². The van der Waals surface area contributed by atoms with Gasteiger partial charge < -0.3 is 10.2 Å². The van der Waals surface area contributed by atoms with Crippen molar-refractivity contribution in [1.29, 1.82) is 0 Å². The first kappa shape index (κ1) is 16.3. The number of halogens is 2. The molecule has 1 aliphatic rings. The quantitative estimate of drug-likeness (QED) is 0.751. The summed E-state index contributed by atoms with van der Waals surface area (Å²) in [4.78, 5) is 1.72. The number of hydrogen-bond acceptors (Lipinski definition) is 4. The Balaban J connectivity index is 1.83. The molecule has 1 fully saturated rings. The fourth-order valence-corrected chi connectivity index (χ4v) is 3.35. The summed E-state index contributed by atoms with van der Waals surface area (Å²) < 4.78 is 52.4. The van der Waals surface area contributed by atoms with Gasteiger partial charge in [-0.25, -0.2) is 21.9 Å². The third-order valence-corrected chi connectivity index (χ3v) is 4.83. The van der Waals surface area contributed by atoms with E-state index in [-0.39, 0.29) is 6.54 Å². The second kappa shape index (κ2) is 7.26. The van der Waals surface area contributed by atoms with E-state index in [0.717, 1.165) is 44.9 Å². The van der Waals surface area contributed by atoms with Crippen molar-refractivity contribution in [2.24, 2.45) is 0 Å². The van der Waals surface area contributed by atoms with Crippen LogP contribution in [0, 0.1) is 11.6 Å². The van der Waals surface area contributed by atoms with Gasteiger partial charge >= 0.3 is 0 Å². The number of nitrogens with zero attached hydrogens (tertiary/aromatic N) is 1. The lowest BCUT2D eigenvalue weighted by Crippen LogP contribution is -2.44. The van der Waals surface area contributed by atoms with E-state index in [1.165, 1.54) is 0 Å². The van der Waals surface area contributed by atoms with Crippen molar-refractivity contribution >= 4 is 10.0 Å². The second-order valence-electron chi connectivity index (χ2n) is 4.92. The third kappa shape index (κ3) is 4.70. The second-order valence-corrected chi connectivity index (χ2v) is 6.65. The van der Waals surface area contributed by atoms with E-state index in [0.29, 0.717) is 12.5 Å². The van der Waals surface area contributed by atoms with E-state index in [2.05, 4.69) is 14.9 Å². The molecule has 21 heavy (non-hydrogen) atoms. The van der Waals surface area contributed by atoms with Crippen molar-refractivity contribution in [2.45, 2.75) is 11.3 Å². The lowest BCUT2D eigenvalue weighted by Gasteiger charge is -2.27. The van der Waals surface area contributed by atoms with Crippen LogP contribution < -0.4 is 10.0 Å². The number of hydrogen-bond donors (Lipinski definition) is 2. The Morgan fingerprint density at radius 2 is 1.95 bits per heavy atom. The summed E-state index contributed by atoms with van der Waals surface area (Å²) in [5.41, 5.74) is 0. The maximum absolute atomic E-state index is 13.5. The minimum Gasteiger partial charge on any atom is -0.314 e. The predicted molar refractivity (Wildman–Crippen MR) is 75.5 cm³/mol. The standard InChI is InChI=1S/C13H19F2N3O2S/c14-11-2-3-13(12(15)10-11)21(19,20)17-4-1-7-18-8-5-16-6-9-18/h2-3,10,16-17H,1,4-9H2. The molecule has 0 atom stereocenters. The first-order chi connectivity index (χ1) is 9.99. The molecular formula is C13H19F2N3O2S. The smallest absolute Gasteiger partial charge is 0.243 e. The summed E-state index contributed by atoms with van der Waals surface area (Å²) in [5.74, 6) is -1.88. The fraction of sp³-hybridized carbons (Fsp3) is 0.538. The average molecular weight is 319 g/mol. The van der Waals surface area contributed by atoms with E-state index in [1.54, 1.807) is 0 Å². The molecule has 0 saturated carbocycles. The highest BCUT2D eigenvalue weighted by Crippen LogP contribution is 2.15. The van der Waals surface area contributed by atoms with Crippen LogP contribution in [0.2, 0.25) is 0 Å². The van der Waals surface area contributed by atoms with Crippen molar-refractivity contribution in [1.82, 2.24) is 14.9 Å². The Morgan fingerprint density at radius 3 is 2.62 bits per heavy atom. The summed E-state index contributed by atoms with van der Waals surface area (Å²) >= 11 is 0. The maximum atomic E-state index is 13.5. The van der Waals surface area contributed by atoms with Gasteiger partial charge in [0.05, 0.1) is 0 Å². The molecule has 118 valence electrons. The Bertz CT molecular complexity index is 575. The molecule has 1 aromatic rings. The van der Waals surface area contributed by atoms with Crippen LogP contribution in [-0.2, 0) is 10.0 Å². The van der Waals surface area contributed by atoms with E-state index in [1.807, 2.05) is 0 Å². The zero-order valence-corrected chi connectivity index (χ0v) is 12.4. The van der Waals surface area contributed by atoms with E-state index in [9.17, 15) is 17.2 Å². The van der Waals surface area contributed by atoms with Crippen molar-refractivity contribution < 1.29 is 17.2 Å². The average Bonchev–Trinajstić information content (AvgIpc) is 2.44. The molecule has 0 aliphatic carbocycles. The minimum absolute atomic E-state index is 0.225. The molecule has 0 spiro atoms. The van der Waals surface area contributed by atoms with Crippen LogP contribution in [-0.4, -0.2) is 52.6 Å². The monoisotopic (exact) mass is 319 g/mol. The van der Waals surface area contributed by atoms with Gasteiger partial charge in [0, 0.05) is 38.8 Å². The lowest BCUT2D eigenvalue weighted by atomic mass is 10.3. The van der Waals surface area contributed by atoms with Gasteiger partial charge in [-0.15, -0.1) is 0 Å². The number of sulfonamides is 1. The van der Waals surface area contributed by atoms with Crippen LogP contribution in [0.1, 0.15) is 6.42 Å². The van der Waals surface area contributed by atoms with Gasteiger partial charge in [0.15, 0.2) is 0 Å². The van der Waals surface area contributed by atoms with E-state index < -0.39 is 26.6 Å². The zero-order chi connectivity index (χ0) is 15.3. The summed E-state index contributed by atoms with van der Waals surface area (Å²) in [7, 11) is -3.93. The SMILES string of the molecule is O=S(=O)(NCCCN1CCNCC1)c1ccc(F)cc1F. The minimum atomic E-state index is -3.93.